The summed E-state index contributed by atoms with van der Waals surface area (Å²) >= 11 is 0. The van der Waals surface area contributed by atoms with Crippen molar-refractivity contribution in [1.82, 2.24) is 9.78 Å². The van der Waals surface area contributed by atoms with Crippen molar-refractivity contribution in [2.45, 2.75) is 0 Å². The standard InChI is InChI=1S/C19H17FN6O4/c20-11-3-6-15(30-9-16(21)27)13(7-11)10-1-4-12(5-2-10)26-8-14(24-19(23)29)17(25-26)18(22)28/h1-8H,9H2,(H2,21,27)(H2,22,28)(H3,23,24,29). The van der Waals surface area contributed by atoms with E-state index in [1.165, 1.54) is 29.1 Å². The summed E-state index contributed by atoms with van der Waals surface area (Å²) in [5.41, 5.74) is 16.9. The van der Waals surface area contributed by atoms with Crippen LogP contribution in [-0.4, -0.2) is 34.2 Å². The van der Waals surface area contributed by atoms with Gasteiger partial charge in [-0.2, -0.15) is 5.10 Å². The number of hydrogen-bond acceptors (Lipinski definition) is 5. The molecule has 11 heteroatoms. The van der Waals surface area contributed by atoms with E-state index in [-0.39, 0.29) is 23.7 Å². The Morgan fingerprint density at radius 1 is 1.07 bits per heavy atom. The number of nitrogens with zero attached hydrogens (tertiary/aromatic N) is 2. The molecule has 3 aromatic rings. The number of benzene rings is 2. The molecule has 7 N–H and O–H groups in total. The molecule has 3 rings (SSSR count). The van der Waals surface area contributed by atoms with Crippen LogP contribution < -0.4 is 27.3 Å². The fraction of sp³-hybridized carbons (Fsp3) is 0.0526. The van der Waals surface area contributed by atoms with E-state index in [1.807, 2.05) is 0 Å². The van der Waals surface area contributed by atoms with E-state index in [2.05, 4.69) is 10.4 Å². The average molecular weight is 412 g/mol. The summed E-state index contributed by atoms with van der Waals surface area (Å²) in [5, 5.41) is 6.33. The third kappa shape index (κ3) is 4.52. The van der Waals surface area contributed by atoms with E-state index in [0.29, 0.717) is 16.8 Å². The Kier molecular flexibility index (Phi) is 5.63. The molecule has 154 valence electrons. The van der Waals surface area contributed by atoms with Gasteiger partial charge in [-0.15, -0.1) is 0 Å². The Hall–Kier alpha value is -4.41. The van der Waals surface area contributed by atoms with Crippen molar-refractivity contribution in [2.24, 2.45) is 17.2 Å². The summed E-state index contributed by atoms with van der Waals surface area (Å²) in [4.78, 5) is 33.6. The number of hydrogen-bond donors (Lipinski definition) is 4. The lowest BCUT2D eigenvalue weighted by molar-refractivity contribution is -0.119. The van der Waals surface area contributed by atoms with Crippen LogP contribution in [0.25, 0.3) is 16.8 Å². The molecule has 0 unspecified atom stereocenters. The highest BCUT2D eigenvalue weighted by Gasteiger charge is 2.16. The van der Waals surface area contributed by atoms with Gasteiger partial charge < -0.3 is 27.3 Å². The quantitative estimate of drug-likeness (QED) is 0.455. The first-order chi connectivity index (χ1) is 14.2. The molecular weight excluding hydrogens is 395 g/mol. The molecule has 10 nitrogen and oxygen atoms in total. The number of ether oxygens (including phenoxy) is 1. The van der Waals surface area contributed by atoms with Crippen molar-refractivity contribution < 1.29 is 23.5 Å². The number of rotatable bonds is 7. The van der Waals surface area contributed by atoms with E-state index in [9.17, 15) is 18.8 Å². The fourth-order valence-electron chi connectivity index (χ4n) is 2.71. The average Bonchev–Trinajstić information content (AvgIpc) is 3.10. The topological polar surface area (TPSA) is 168 Å². The molecule has 0 spiro atoms. The van der Waals surface area contributed by atoms with Crippen molar-refractivity contribution in [3.05, 3.63) is 60.2 Å². The second kappa shape index (κ2) is 8.31. The zero-order valence-corrected chi connectivity index (χ0v) is 15.5. The largest absolute Gasteiger partial charge is 0.483 e. The maximum Gasteiger partial charge on any atom is 0.316 e. The summed E-state index contributed by atoms with van der Waals surface area (Å²) in [7, 11) is 0. The number of nitrogens with one attached hydrogen (secondary N) is 1. The predicted octanol–water partition coefficient (Wildman–Crippen LogP) is 1.13. The van der Waals surface area contributed by atoms with Crippen molar-refractivity contribution in [3.63, 3.8) is 0 Å². The van der Waals surface area contributed by atoms with Crippen molar-refractivity contribution >= 4 is 23.5 Å². The lowest BCUT2D eigenvalue weighted by Crippen LogP contribution is -2.22. The van der Waals surface area contributed by atoms with Gasteiger partial charge in [0.2, 0.25) is 0 Å². The molecule has 1 heterocycles. The summed E-state index contributed by atoms with van der Waals surface area (Å²) in [6, 6.07) is 9.60. The second-order valence-corrected chi connectivity index (χ2v) is 6.13. The van der Waals surface area contributed by atoms with Crippen LogP contribution in [0.3, 0.4) is 0 Å². The molecule has 4 amide bonds. The number of carbonyl (C=O) groups excluding carboxylic acids is 3. The molecule has 0 aliphatic rings. The van der Waals surface area contributed by atoms with Gasteiger partial charge in [-0.1, -0.05) is 12.1 Å². The van der Waals surface area contributed by atoms with Gasteiger partial charge in [0.1, 0.15) is 11.6 Å². The van der Waals surface area contributed by atoms with Crippen LogP contribution in [0.2, 0.25) is 0 Å². The molecular formula is C19H17FN6O4. The number of carbonyl (C=O) groups is 3. The molecule has 1 aromatic heterocycles. The minimum atomic E-state index is -0.873. The lowest BCUT2D eigenvalue weighted by atomic mass is 10.0. The lowest BCUT2D eigenvalue weighted by Gasteiger charge is -2.11. The third-order valence-corrected chi connectivity index (χ3v) is 3.96. The number of amides is 4. The molecule has 0 aliphatic carbocycles. The Morgan fingerprint density at radius 3 is 2.37 bits per heavy atom. The minimum absolute atomic E-state index is 0.0614. The van der Waals surface area contributed by atoms with Gasteiger partial charge in [-0.05, 0) is 35.9 Å². The maximum atomic E-state index is 13.8. The SMILES string of the molecule is NC(=O)COc1ccc(F)cc1-c1ccc(-n2cc(NC(N)=O)c(C(N)=O)n2)cc1. The molecule has 0 bridgehead atoms. The number of halogens is 1. The predicted molar refractivity (Wildman–Crippen MR) is 105 cm³/mol. The summed E-state index contributed by atoms with van der Waals surface area (Å²) in [5.74, 6) is -1.71. The number of primary amides is 3. The summed E-state index contributed by atoms with van der Waals surface area (Å²) in [6.45, 7) is -0.352. The smallest absolute Gasteiger partial charge is 0.316 e. The first-order valence-corrected chi connectivity index (χ1v) is 8.52. The molecule has 0 fully saturated rings. The van der Waals surface area contributed by atoms with Crippen molar-refractivity contribution in [1.29, 1.82) is 0 Å². The van der Waals surface area contributed by atoms with E-state index >= 15 is 0 Å². The molecule has 0 atom stereocenters. The highest BCUT2D eigenvalue weighted by atomic mass is 19.1. The molecule has 0 aliphatic heterocycles. The van der Waals surface area contributed by atoms with E-state index in [4.69, 9.17) is 21.9 Å². The van der Waals surface area contributed by atoms with Crippen LogP contribution in [0.15, 0.2) is 48.7 Å². The van der Waals surface area contributed by atoms with Gasteiger partial charge in [0.15, 0.2) is 12.3 Å². The van der Waals surface area contributed by atoms with Gasteiger partial charge in [0, 0.05) is 5.56 Å². The fourth-order valence-corrected chi connectivity index (χ4v) is 2.71. The number of nitrogens with two attached hydrogens (primary N) is 3. The molecule has 0 saturated carbocycles. The number of aromatic nitrogens is 2. The number of urea groups is 1. The van der Waals surface area contributed by atoms with Crippen LogP contribution in [-0.2, 0) is 4.79 Å². The van der Waals surface area contributed by atoms with Crippen LogP contribution in [0.5, 0.6) is 5.75 Å². The Labute approximate surface area is 169 Å². The first-order valence-electron chi connectivity index (χ1n) is 8.52. The Bertz CT molecular complexity index is 1130. The van der Waals surface area contributed by atoms with Gasteiger partial charge in [-0.25, -0.2) is 13.9 Å². The van der Waals surface area contributed by atoms with Crippen molar-refractivity contribution in [3.8, 4) is 22.6 Å². The minimum Gasteiger partial charge on any atom is -0.483 e. The second-order valence-electron chi connectivity index (χ2n) is 6.13. The number of anilines is 1. The van der Waals surface area contributed by atoms with E-state index in [0.717, 1.165) is 0 Å². The highest BCUT2D eigenvalue weighted by molar-refractivity contribution is 6.00. The zero-order chi connectivity index (χ0) is 21.8. The van der Waals surface area contributed by atoms with Crippen LogP contribution >= 0.6 is 0 Å². The van der Waals surface area contributed by atoms with Gasteiger partial charge >= 0.3 is 6.03 Å². The van der Waals surface area contributed by atoms with Crippen molar-refractivity contribution in [2.75, 3.05) is 11.9 Å². The van der Waals surface area contributed by atoms with E-state index < -0.39 is 23.7 Å². The first kappa shape index (κ1) is 20.3. The van der Waals surface area contributed by atoms with E-state index in [1.54, 1.807) is 24.3 Å². The van der Waals surface area contributed by atoms with Gasteiger partial charge in [-0.3, -0.25) is 9.59 Å². The molecule has 0 radical (unpaired) electrons. The van der Waals surface area contributed by atoms with Crippen LogP contribution in [0, 0.1) is 5.82 Å². The summed E-state index contributed by atoms with van der Waals surface area (Å²) in [6.07, 6.45) is 1.38. The van der Waals surface area contributed by atoms with Crippen LogP contribution in [0.4, 0.5) is 14.9 Å². The third-order valence-electron chi connectivity index (χ3n) is 3.96. The monoisotopic (exact) mass is 412 g/mol. The van der Waals surface area contributed by atoms with Crippen LogP contribution in [0.1, 0.15) is 10.5 Å². The summed E-state index contributed by atoms with van der Waals surface area (Å²) < 4.78 is 20.4. The molecule has 0 saturated heterocycles. The Morgan fingerprint density at radius 2 is 1.77 bits per heavy atom. The highest BCUT2D eigenvalue weighted by Crippen LogP contribution is 2.31. The normalized spacial score (nSPS) is 10.4. The Balaban J connectivity index is 1.94. The zero-order valence-electron chi connectivity index (χ0n) is 15.5. The molecule has 30 heavy (non-hydrogen) atoms. The molecule has 2 aromatic carbocycles. The van der Waals surface area contributed by atoms with Gasteiger partial charge in [0.25, 0.3) is 11.8 Å². The van der Waals surface area contributed by atoms with Gasteiger partial charge in [0.05, 0.1) is 17.6 Å². The maximum absolute atomic E-state index is 13.8.